The molecule has 0 bridgehead atoms. The molecule has 1 aliphatic rings. The summed E-state index contributed by atoms with van der Waals surface area (Å²) in [5.41, 5.74) is 0. The van der Waals surface area contributed by atoms with Crippen molar-refractivity contribution in [3.63, 3.8) is 0 Å². The predicted octanol–water partition coefficient (Wildman–Crippen LogP) is -0.847. The molecule has 21 heavy (non-hydrogen) atoms. The number of carbonyl (C=O) groups is 3. The predicted molar refractivity (Wildman–Crippen MR) is 67.8 cm³/mol. The quantitative estimate of drug-likeness (QED) is 0.511. The highest BCUT2D eigenvalue weighted by atomic mass is 16.6. The molecule has 1 saturated carbocycles. The van der Waals surface area contributed by atoms with Crippen LogP contribution in [0.25, 0.3) is 0 Å². The van der Waals surface area contributed by atoms with Crippen molar-refractivity contribution in [1.82, 2.24) is 0 Å². The Hall–Kier alpha value is -1.67. The Morgan fingerprint density at radius 3 is 1.48 bits per heavy atom. The second-order valence-electron chi connectivity index (χ2n) is 5.06. The van der Waals surface area contributed by atoms with Gasteiger partial charge in [0.05, 0.1) is 0 Å². The molecule has 0 heterocycles. The third kappa shape index (κ3) is 4.15. The molecule has 0 aromatic carbocycles. The molecule has 2 N–H and O–H groups in total. The lowest BCUT2D eigenvalue weighted by molar-refractivity contribution is -0.230. The van der Waals surface area contributed by atoms with Gasteiger partial charge in [0.25, 0.3) is 0 Å². The summed E-state index contributed by atoms with van der Waals surface area (Å²) in [6.45, 7) is 5.01. The first kappa shape index (κ1) is 17.4. The number of ether oxygens (including phenoxy) is 3. The highest BCUT2D eigenvalue weighted by Crippen LogP contribution is 2.32. The van der Waals surface area contributed by atoms with E-state index in [1.165, 1.54) is 0 Å². The van der Waals surface area contributed by atoms with E-state index in [1.54, 1.807) is 6.92 Å². The minimum atomic E-state index is -1.54. The lowest BCUT2D eigenvalue weighted by atomic mass is 9.79. The molecule has 0 spiro atoms. The average molecular weight is 304 g/mol. The van der Waals surface area contributed by atoms with Crippen LogP contribution in [-0.2, 0) is 28.6 Å². The van der Waals surface area contributed by atoms with E-state index in [0.29, 0.717) is 0 Å². The van der Waals surface area contributed by atoms with Crippen molar-refractivity contribution in [3.8, 4) is 0 Å². The summed E-state index contributed by atoms with van der Waals surface area (Å²) in [5, 5.41) is 20.1. The SMILES string of the molecule is CC(=O)OC1C(OC(C)=O)[C@H](O)[C@H](O)C(OC(C)=O)[C@@H]1C. The van der Waals surface area contributed by atoms with Crippen LogP contribution in [0.1, 0.15) is 27.7 Å². The van der Waals surface area contributed by atoms with Crippen molar-refractivity contribution in [2.24, 2.45) is 5.92 Å². The third-order valence-corrected chi connectivity index (χ3v) is 3.29. The van der Waals surface area contributed by atoms with Crippen LogP contribution in [0.15, 0.2) is 0 Å². The van der Waals surface area contributed by atoms with Crippen LogP contribution in [0.2, 0.25) is 0 Å². The maximum Gasteiger partial charge on any atom is 0.303 e. The van der Waals surface area contributed by atoms with Gasteiger partial charge in [-0.1, -0.05) is 6.92 Å². The van der Waals surface area contributed by atoms with Crippen LogP contribution in [0, 0.1) is 5.92 Å². The minimum absolute atomic E-state index is 0.644. The summed E-state index contributed by atoms with van der Waals surface area (Å²) >= 11 is 0. The molecule has 1 aliphatic carbocycles. The normalized spacial score (nSPS) is 35.7. The zero-order chi connectivity index (χ0) is 16.3. The van der Waals surface area contributed by atoms with E-state index in [-0.39, 0.29) is 0 Å². The molecule has 8 nitrogen and oxygen atoms in total. The first-order chi connectivity index (χ1) is 9.65. The number of rotatable bonds is 3. The van der Waals surface area contributed by atoms with Crippen LogP contribution in [0.3, 0.4) is 0 Å². The number of aliphatic hydroxyl groups excluding tert-OH is 2. The van der Waals surface area contributed by atoms with Crippen molar-refractivity contribution in [3.05, 3.63) is 0 Å². The molecule has 120 valence electrons. The zero-order valence-corrected chi connectivity index (χ0v) is 12.3. The van der Waals surface area contributed by atoms with Gasteiger partial charge in [-0.3, -0.25) is 14.4 Å². The monoisotopic (exact) mass is 304 g/mol. The molecular formula is C13H20O8. The third-order valence-electron chi connectivity index (χ3n) is 3.29. The summed E-state index contributed by atoms with van der Waals surface area (Å²) in [4.78, 5) is 33.4. The van der Waals surface area contributed by atoms with Crippen molar-refractivity contribution >= 4 is 17.9 Å². The standard InChI is InChI=1S/C13H20O8/c1-5-11(19-6(2)14)9(17)10(18)13(21-8(4)16)12(5)20-7(3)15/h5,9-13,17-18H,1-4H3/t5-,9-,10+,11?,12?,13?/m0/s1. The first-order valence-corrected chi connectivity index (χ1v) is 6.53. The van der Waals surface area contributed by atoms with Gasteiger partial charge < -0.3 is 24.4 Å². The first-order valence-electron chi connectivity index (χ1n) is 6.53. The minimum Gasteiger partial charge on any atom is -0.459 e. The van der Waals surface area contributed by atoms with E-state index in [2.05, 4.69) is 0 Å². The lowest BCUT2D eigenvalue weighted by Gasteiger charge is -2.44. The van der Waals surface area contributed by atoms with Gasteiger partial charge in [0.1, 0.15) is 24.4 Å². The fraction of sp³-hybridized carbons (Fsp3) is 0.769. The molecule has 1 fully saturated rings. The second-order valence-corrected chi connectivity index (χ2v) is 5.06. The summed E-state index contributed by atoms with van der Waals surface area (Å²) < 4.78 is 15.0. The second kappa shape index (κ2) is 6.86. The molecule has 0 saturated heterocycles. The smallest absolute Gasteiger partial charge is 0.303 e. The number of carbonyl (C=O) groups excluding carboxylic acids is 3. The average Bonchev–Trinajstić information content (AvgIpc) is 2.35. The van der Waals surface area contributed by atoms with Gasteiger partial charge >= 0.3 is 17.9 Å². The summed E-state index contributed by atoms with van der Waals surface area (Å²) in [5.74, 6) is -2.65. The summed E-state index contributed by atoms with van der Waals surface area (Å²) in [6.07, 6.45) is -6.34. The van der Waals surface area contributed by atoms with Crippen LogP contribution in [0.4, 0.5) is 0 Å². The van der Waals surface area contributed by atoms with Crippen LogP contribution in [0.5, 0.6) is 0 Å². The Morgan fingerprint density at radius 2 is 1.05 bits per heavy atom. The summed E-state index contributed by atoms with van der Waals surface area (Å²) in [7, 11) is 0. The molecule has 0 amide bonds. The van der Waals surface area contributed by atoms with Crippen LogP contribution in [-0.4, -0.2) is 58.6 Å². The lowest BCUT2D eigenvalue weighted by Crippen LogP contribution is -2.63. The number of hydrogen-bond donors (Lipinski definition) is 2. The van der Waals surface area contributed by atoms with E-state index in [9.17, 15) is 24.6 Å². The maximum atomic E-state index is 11.2. The molecule has 8 heteroatoms. The Balaban J connectivity index is 3.06. The molecule has 0 aliphatic heterocycles. The fourth-order valence-electron chi connectivity index (χ4n) is 2.44. The Kier molecular flexibility index (Phi) is 5.68. The van der Waals surface area contributed by atoms with E-state index in [0.717, 1.165) is 20.8 Å². The Labute approximate surface area is 122 Å². The van der Waals surface area contributed by atoms with Crippen molar-refractivity contribution in [2.45, 2.75) is 58.2 Å². The number of aliphatic hydroxyl groups is 2. The highest BCUT2D eigenvalue weighted by molar-refractivity contribution is 5.68. The molecule has 1 rings (SSSR count). The molecular weight excluding hydrogens is 284 g/mol. The Morgan fingerprint density at radius 1 is 0.714 bits per heavy atom. The van der Waals surface area contributed by atoms with Gasteiger partial charge in [-0.05, 0) is 0 Å². The van der Waals surface area contributed by atoms with E-state index < -0.39 is 54.3 Å². The molecule has 0 aromatic heterocycles. The molecule has 0 radical (unpaired) electrons. The van der Waals surface area contributed by atoms with Gasteiger partial charge in [0, 0.05) is 26.7 Å². The highest BCUT2D eigenvalue weighted by Gasteiger charge is 2.53. The molecule has 6 atom stereocenters. The molecule has 0 aromatic rings. The maximum absolute atomic E-state index is 11.2. The van der Waals surface area contributed by atoms with Gasteiger partial charge in [-0.25, -0.2) is 0 Å². The summed E-state index contributed by atoms with van der Waals surface area (Å²) in [6, 6.07) is 0. The zero-order valence-electron chi connectivity index (χ0n) is 12.3. The van der Waals surface area contributed by atoms with Crippen LogP contribution >= 0.6 is 0 Å². The van der Waals surface area contributed by atoms with Crippen molar-refractivity contribution in [1.29, 1.82) is 0 Å². The van der Waals surface area contributed by atoms with Gasteiger partial charge in [0.2, 0.25) is 0 Å². The number of esters is 3. The van der Waals surface area contributed by atoms with E-state index in [4.69, 9.17) is 14.2 Å². The van der Waals surface area contributed by atoms with Crippen LogP contribution < -0.4 is 0 Å². The topological polar surface area (TPSA) is 119 Å². The van der Waals surface area contributed by atoms with Gasteiger partial charge in [0.15, 0.2) is 6.10 Å². The fourth-order valence-corrected chi connectivity index (χ4v) is 2.44. The molecule has 3 unspecified atom stereocenters. The van der Waals surface area contributed by atoms with Gasteiger partial charge in [-0.2, -0.15) is 0 Å². The van der Waals surface area contributed by atoms with E-state index >= 15 is 0 Å². The van der Waals surface area contributed by atoms with E-state index in [1.807, 2.05) is 0 Å². The van der Waals surface area contributed by atoms with Gasteiger partial charge in [-0.15, -0.1) is 0 Å². The van der Waals surface area contributed by atoms with Crippen molar-refractivity contribution < 1.29 is 38.8 Å². The Bertz CT molecular complexity index is 420. The largest absolute Gasteiger partial charge is 0.459 e. The van der Waals surface area contributed by atoms with Crippen molar-refractivity contribution in [2.75, 3.05) is 0 Å². The number of hydrogen-bond acceptors (Lipinski definition) is 8.